The van der Waals surface area contributed by atoms with Crippen molar-refractivity contribution in [3.63, 3.8) is 0 Å². The summed E-state index contributed by atoms with van der Waals surface area (Å²) in [6.07, 6.45) is 0. The molecule has 0 fully saturated rings. The van der Waals surface area contributed by atoms with E-state index in [0.29, 0.717) is 6.54 Å². The van der Waals surface area contributed by atoms with E-state index in [1.807, 2.05) is 17.5 Å². The summed E-state index contributed by atoms with van der Waals surface area (Å²) in [4.78, 5) is 36.4. The number of likely N-dealkylation sites (N-methyl/N-ethyl adjacent to an activating group) is 1. The zero-order chi connectivity index (χ0) is 17.7. The van der Waals surface area contributed by atoms with Crippen molar-refractivity contribution in [2.75, 3.05) is 19.4 Å². The van der Waals surface area contributed by atoms with Crippen molar-refractivity contribution in [1.29, 1.82) is 0 Å². The van der Waals surface area contributed by atoms with E-state index in [-0.39, 0.29) is 22.8 Å². The summed E-state index contributed by atoms with van der Waals surface area (Å²) in [5.74, 6) is -1.17. The van der Waals surface area contributed by atoms with E-state index < -0.39 is 17.5 Å². The molecule has 0 aliphatic rings. The molecule has 0 unspecified atom stereocenters. The number of hydrogen-bond acceptors (Lipinski definition) is 7. The van der Waals surface area contributed by atoms with Gasteiger partial charge in [-0.2, -0.15) is 0 Å². The largest absolute Gasteiger partial charge is 0.452 e. The van der Waals surface area contributed by atoms with Crippen LogP contribution in [0.1, 0.15) is 15.2 Å². The maximum atomic E-state index is 12.0. The van der Waals surface area contributed by atoms with Gasteiger partial charge in [-0.25, -0.2) is 4.79 Å². The van der Waals surface area contributed by atoms with Crippen molar-refractivity contribution < 1.29 is 19.2 Å². The lowest BCUT2D eigenvalue weighted by Gasteiger charge is -2.16. The highest BCUT2D eigenvalue weighted by Crippen LogP contribution is 2.20. The number of amides is 1. The highest BCUT2D eigenvalue weighted by Gasteiger charge is 2.18. The minimum atomic E-state index is -0.805. The van der Waals surface area contributed by atoms with Crippen LogP contribution in [0.3, 0.4) is 0 Å². The van der Waals surface area contributed by atoms with Gasteiger partial charge in [-0.15, -0.1) is 11.3 Å². The predicted octanol–water partition coefficient (Wildman–Crippen LogP) is 2.05. The molecule has 2 N–H and O–H groups in total. The summed E-state index contributed by atoms with van der Waals surface area (Å²) in [6, 6.07) is 7.21. The number of carbonyl (C=O) groups is 2. The summed E-state index contributed by atoms with van der Waals surface area (Å²) in [5.41, 5.74) is 5.30. The van der Waals surface area contributed by atoms with Crippen LogP contribution in [-0.4, -0.2) is 35.4 Å². The molecule has 8 nitrogen and oxygen atoms in total. The van der Waals surface area contributed by atoms with Gasteiger partial charge < -0.3 is 15.4 Å². The quantitative estimate of drug-likeness (QED) is 0.369. The van der Waals surface area contributed by atoms with Crippen LogP contribution in [0.4, 0.5) is 11.4 Å². The third-order valence-corrected chi connectivity index (χ3v) is 4.05. The Hall–Kier alpha value is -2.94. The molecule has 0 bridgehead atoms. The fourth-order valence-electron chi connectivity index (χ4n) is 1.89. The van der Waals surface area contributed by atoms with Crippen LogP contribution in [-0.2, 0) is 16.1 Å². The lowest BCUT2D eigenvalue weighted by molar-refractivity contribution is -0.384. The molecule has 0 aliphatic carbocycles. The summed E-state index contributed by atoms with van der Waals surface area (Å²) >= 11 is 1.52. The first-order valence-corrected chi connectivity index (χ1v) is 7.74. The number of nitro groups is 1. The van der Waals surface area contributed by atoms with Gasteiger partial charge in [0.1, 0.15) is 0 Å². The summed E-state index contributed by atoms with van der Waals surface area (Å²) in [7, 11) is 1.61. The Morgan fingerprint density at radius 1 is 1.38 bits per heavy atom. The van der Waals surface area contributed by atoms with Gasteiger partial charge in [0.2, 0.25) is 0 Å². The molecular weight excluding hydrogens is 334 g/mol. The lowest BCUT2D eigenvalue weighted by atomic mass is 10.1. The molecule has 2 rings (SSSR count). The maximum Gasteiger partial charge on any atom is 0.340 e. The number of anilines is 1. The Balaban J connectivity index is 1.92. The fraction of sp³-hybridized carbons (Fsp3) is 0.200. The lowest BCUT2D eigenvalue weighted by Crippen LogP contribution is -2.30. The number of carbonyl (C=O) groups excluding carboxylic acids is 2. The molecule has 1 amide bonds. The van der Waals surface area contributed by atoms with Crippen molar-refractivity contribution in [3.05, 3.63) is 56.3 Å². The zero-order valence-corrected chi connectivity index (χ0v) is 13.6. The summed E-state index contributed by atoms with van der Waals surface area (Å²) in [6.45, 7) is -0.00907. The molecule has 0 spiro atoms. The van der Waals surface area contributed by atoms with E-state index >= 15 is 0 Å². The van der Waals surface area contributed by atoms with Crippen LogP contribution in [0.15, 0.2) is 35.7 Å². The molecule has 1 aromatic heterocycles. The second kappa shape index (κ2) is 7.55. The van der Waals surface area contributed by atoms with E-state index in [9.17, 15) is 19.7 Å². The Bertz CT molecular complexity index is 760. The number of nitrogens with two attached hydrogens (primary N) is 1. The standard InChI is InChI=1S/C15H15N3O5S/c1-17(8-11-3-2-6-24-11)14(19)9-23-15(20)12-5-4-10(18(21)22)7-13(12)16/h2-7H,8-9,16H2,1H3. The normalized spacial score (nSPS) is 10.2. The minimum Gasteiger partial charge on any atom is -0.452 e. The van der Waals surface area contributed by atoms with Gasteiger partial charge in [-0.3, -0.25) is 14.9 Å². The molecule has 0 radical (unpaired) electrons. The maximum absolute atomic E-state index is 12.0. The van der Waals surface area contributed by atoms with E-state index in [1.54, 1.807) is 7.05 Å². The van der Waals surface area contributed by atoms with Crippen molar-refractivity contribution in [1.82, 2.24) is 4.90 Å². The molecule has 1 heterocycles. The van der Waals surface area contributed by atoms with E-state index in [4.69, 9.17) is 10.5 Å². The molecule has 2 aromatic rings. The highest BCUT2D eigenvalue weighted by molar-refractivity contribution is 7.09. The molecule has 0 saturated heterocycles. The number of rotatable bonds is 6. The number of nitro benzene ring substituents is 1. The van der Waals surface area contributed by atoms with E-state index in [0.717, 1.165) is 17.0 Å². The van der Waals surface area contributed by atoms with Crippen LogP contribution in [0.2, 0.25) is 0 Å². The fourth-order valence-corrected chi connectivity index (χ4v) is 2.65. The van der Waals surface area contributed by atoms with Gasteiger partial charge in [0.05, 0.1) is 22.7 Å². The Labute approximate surface area is 141 Å². The Morgan fingerprint density at radius 3 is 2.71 bits per heavy atom. The number of hydrogen-bond donors (Lipinski definition) is 1. The molecule has 126 valence electrons. The second-order valence-corrected chi connectivity index (χ2v) is 5.97. The average molecular weight is 349 g/mol. The van der Waals surface area contributed by atoms with Crippen LogP contribution in [0, 0.1) is 10.1 Å². The molecular formula is C15H15N3O5S. The van der Waals surface area contributed by atoms with Gasteiger partial charge in [0, 0.05) is 24.1 Å². The van der Waals surface area contributed by atoms with Gasteiger partial charge >= 0.3 is 5.97 Å². The monoisotopic (exact) mass is 349 g/mol. The third-order valence-electron chi connectivity index (χ3n) is 3.19. The summed E-state index contributed by atoms with van der Waals surface area (Å²) in [5, 5.41) is 12.5. The zero-order valence-electron chi connectivity index (χ0n) is 12.8. The van der Waals surface area contributed by atoms with E-state index in [1.165, 1.54) is 22.3 Å². The molecule has 1 aromatic carbocycles. The highest BCUT2D eigenvalue weighted by atomic mass is 32.1. The van der Waals surface area contributed by atoms with Crippen LogP contribution in [0.5, 0.6) is 0 Å². The average Bonchev–Trinajstić information content (AvgIpc) is 3.04. The SMILES string of the molecule is CN(Cc1cccs1)C(=O)COC(=O)c1ccc([N+](=O)[O-])cc1N. The molecule has 24 heavy (non-hydrogen) atoms. The topological polar surface area (TPSA) is 116 Å². The molecule has 0 aliphatic heterocycles. The van der Waals surface area contributed by atoms with Gasteiger partial charge in [0.25, 0.3) is 11.6 Å². The van der Waals surface area contributed by atoms with Crippen molar-refractivity contribution >= 4 is 34.6 Å². The first-order chi connectivity index (χ1) is 11.4. The van der Waals surface area contributed by atoms with Crippen LogP contribution < -0.4 is 5.73 Å². The van der Waals surface area contributed by atoms with Crippen molar-refractivity contribution in [2.24, 2.45) is 0 Å². The van der Waals surface area contributed by atoms with Crippen LogP contribution in [0.25, 0.3) is 0 Å². The predicted molar refractivity (Wildman–Crippen MR) is 88.6 cm³/mol. The number of benzene rings is 1. The number of non-ortho nitro benzene ring substituents is 1. The minimum absolute atomic E-state index is 0.0192. The Morgan fingerprint density at radius 2 is 2.12 bits per heavy atom. The van der Waals surface area contributed by atoms with Gasteiger partial charge in [0.15, 0.2) is 6.61 Å². The molecule has 0 atom stereocenters. The number of nitrogen functional groups attached to an aromatic ring is 1. The molecule has 9 heteroatoms. The number of ether oxygens (including phenoxy) is 1. The smallest absolute Gasteiger partial charge is 0.340 e. The molecule has 0 saturated carbocycles. The third kappa shape index (κ3) is 4.29. The second-order valence-electron chi connectivity index (χ2n) is 4.93. The van der Waals surface area contributed by atoms with Crippen molar-refractivity contribution in [2.45, 2.75) is 6.54 Å². The number of esters is 1. The number of nitrogens with zero attached hydrogens (tertiary/aromatic N) is 2. The van der Waals surface area contributed by atoms with Gasteiger partial charge in [-0.1, -0.05) is 6.07 Å². The first-order valence-electron chi connectivity index (χ1n) is 6.86. The van der Waals surface area contributed by atoms with E-state index in [2.05, 4.69) is 0 Å². The number of thiophene rings is 1. The van der Waals surface area contributed by atoms with Gasteiger partial charge in [-0.05, 0) is 17.5 Å². The van der Waals surface area contributed by atoms with Crippen molar-refractivity contribution in [3.8, 4) is 0 Å². The summed E-state index contributed by atoms with van der Waals surface area (Å²) < 4.78 is 4.93. The first kappa shape index (κ1) is 17.4. The Kier molecular flexibility index (Phi) is 5.48. The van der Waals surface area contributed by atoms with Crippen LogP contribution >= 0.6 is 11.3 Å².